The largest absolute Gasteiger partial charge is 0.314 e. The summed E-state index contributed by atoms with van der Waals surface area (Å²) < 4.78 is 47.2. The van der Waals surface area contributed by atoms with E-state index < -0.39 is 19.7 Å². The molecular weight excluding hydrogens is 324 g/mol. The zero-order valence-corrected chi connectivity index (χ0v) is 14.5. The van der Waals surface area contributed by atoms with Crippen LogP contribution < -0.4 is 5.32 Å². The second-order valence-electron chi connectivity index (χ2n) is 5.67. The highest BCUT2D eigenvalue weighted by Gasteiger charge is 2.21. The molecule has 0 radical (unpaired) electrons. The van der Waals surface area contributed by atoms with Crippen LogP contribution in [-0.4, -0.2) is 67.0 Å². The number of nitrogens with one attached hydrogen (secondary N) is 1. The number of nitrogens with zero attached hydrogens (tertiary/aromatic N) is 1. The van der Waals surface area contributed by atoms with Crippen LogP contribution >= 0.6 is 0 Å². The van der Waals surface area contributed by atoms with Crippen LogP contribution in [-0.2, 0) is 26.1 Å². The van der Waals surface area contributed by atoms with Crippen LogP contribution in [0.5, 0.6) is 0 Å². The van der Waals surface area contributed by atoms with E-state index >= 15 is 0 Å². The van der Waals surface area contributed by atoms with Gasteiger partial charge in [-0.3, -0.25) is 0 Å². The highest BCUT2D eigenvalue weighted by atomic mass is 32.2. The number of rotatable bonds is 5. The zero-order chi connectivity index (χ0) is 16.4. The van der Waals surface area contributed by atoms with Gasteiger partial charge < -0.3 is 10.2 Å². The normalized spacial score (nSPS) is 17.5. The van der Waals surface area contributed by atoms with Crippen molar-refractivity contribution in [2.24, 2.45) is 0 Å². The number of hydrogen-bond acceptors (Lipinski definition) is 6. The lowest BCUT2D eigenvalue weighted by molar-refractivity contribution is 0.244. The lowest BCUT2D eigenvalue weighted by atomic mass is 10.1. The molecule has 1 aromatic carbocycles. The van der Waals surface area contributed by atoms with Crippen LogP contribution in [0, 0.1) is 0 Å². The van der Waals surface area contributed by atoms with E-state index in [0.717, 1.165) is 50.8 Å². The molecule has 1 N–H and O–H groups in total. The standard InChI is InChI=1S/C14H22N2O4S2/c1-21(17,18)13-4-3-12(11-14(13)22(2,19)20)5-8-16-9-6-15-7-10-16/h3-4,11,15H,5-10H2,1-2H3. The molecule has 1 saturated heterocycles. The van der Waals surface area contributed by atoms with Gasteiger partial charge in [0.15, 0.2) is 19.7 Å². The quantitative estimate of drug-likeness (QED) is 0.804. The van der Waals surface area contributed by atoms with Crippen LogP contribution in [0.2, 0.25) is 0 Å². The molecule has 124 valence electrons. The van der Waals surface area contributed by atoms with Crippen molar-refractivity contribution in [2.75, 3.05) is 45.2 Å². The second-order valence-corrected chi connectivity index (χ2v) is 9.64. The molecule has 0 bridgehead atoms. The van der Waals surface area contributed by atoms with Crippen molar-refractivity contribution in [3.8, 4) is 0 Å². The molecule has 0 saturated carbocycles. The molecule has 8 heteroatoms. The Kier molecular flexibility index (Phi) is 5.26. The Morgan fingerprint density at radius 1 is 1.00 bits per heavy atom. The third kappa shape index (κ3) is 4.52. The average Bonchev–Trinajstić information content (AvgIpc) is 2.44. The van der Waals surface area contributed by atoms with E-state index in [2.05, 4.69) is 10.2 Å². The summed E-state index contributed by atoms with van der Waals surface area (Å²) in [6.07, 6.45) is 2.76. The Balaban J connectivity index is 2.23. The molecule has 22 heavy (non-hydrogen) atoms. The Morgan fingerprint density at radius 3 is 2.14 bits per heavy atom. The van der Waals surface area contributed by atoms with Gasteiger partial charge in [-0.15, -0.1) is 0 Å². The molecule has 1 fully saturated rings. The number of benzene rings is 1. The summed E-state index contributed by atoms with van der Waals surface area (Å²) in [5, 5.41) is 3.28. The van der Waals surface area contributed by atoms with Crippen molar-refractivity contribution >= 4 is 19.7 Å². The first-order valence-corrected chi connectivity index (χ1v) is 10.9. The van der Waals surface area contributed by atoms with Gasteiger partial charge in [-0.2, -0.15) is 0 Å². The van der Waals surface area contributed by atoms with E-state index in [0.29, 0.717) is 6.42 Å². The van der Waals surface area contributed by atoms with Crippen LogP contribution in [0.3, 0.4) is 0 Å². The molecule has 0 amide bonds. The molecule has 0 aromatic heterocycles. The fourth-order valence-corrected chi connectivity index (χ4v) is 4.97. The number of sulfone groups is 2. The van der Waals surface area contributed by atoms with Gasteiger partial charge in [0, 0.05) is 45.2 Å². The Labute approximate surface area is 132 Å². The summed E-state index contributed by atoms with van der Waals surface area (Å²) in [6, 6.07) is 4.60. The van der Waals surface area contributed by atoms with Crippen molar-refractivity contribution in [2.45, 2.75) is 16.2 Å². The lowest BCUT2D eigenvalue weighted by Gasteiger charge is -2.27. The highest BCUT2D eigenvalue weighted by molar-refractivity contribution is 7.93. The molecule has 1 aliphatic heterocycles. The molecule has 0 aliphatic carbocycles. The van der Waals surface area contributed by atoms with E-state index in [1.807, 2.05) is 0 Å². The van der Waals surface area contributed by atoms with Gasteiger partial charge >= 0.3 is 0 Å². The Morgan fingerprint density at radius 2 is 1.59 bits per heavy atom. The third-order valence-corrected chi connectivity index (χ3v) is 6.15. The minimum atomic E-state index is -3.59. The highest BCUT2D eigenvalue weighted by Crippen LogP contribution is 2.23. The molecule has 0 atom stereocenters. The minimum absolute atomic E-state index is 0.104. The van der Waals surface area contributed by atoms with E-state index in [1.165, 1.54) is 12.1 Å². The Hall–Kier alpha value is -0.960. The Bertz CT molecular complexity index is 736. The van der Waals surface area contributed by atoms with Crippen molar-refractivity contribution in [1.82, 2.24) is 10.2 Å². The molecule has 2 rings (SSSR count). The van der Waals surface area contributed by atoms with Crippen LogP contribution in [0.1, 0.15) is 5.56 Å². The topological polar surface area (TPSA) is 83.6 Å². The van der Waals surface area contributed by atoms with Crippen LogP contribution in [0.15, 0.2) is 28.0 Å². The predicted molar refractivity (Wildman–Crippen MR) is 85.7 cm³/mol. The molecule has 1 aromatic rings. The summed E-state index contributed by atoms with van der Waals surface area (Å²) in [5.41, 5.74) is 0.839. The number of hydrogen-bond donors (Lipinski definition) is 1. The van der Waals surface area contributed by atoms with E-state index in [-0.39, 0.29) is 9.79 Å². The molecule has 1 heterocycles. The maximum atomic E-state index is 11.9. The van der Waals surface area contributed by atoms with Crippen molar-refractivity contribution in [3.05, 3.63) is 23.8 Å². The van der Waals surface area contributed by atoms with E-state index in [1.54, 1.807) is 6.07 Å². The van der Waals surface area contributed by atoms with Crippen molar-refractivity contribution in [3.63, 3.8) is 0 Å². The third-order valence-electron chi connectivity index (χ3n) is 3.73. The second kappa shape index (κ2) is 6.66. The van der Waals surface area contributed by atoms with Gasteiger partial charge in [-0.1, -0.05) is 6.07 Å². The molecule has 0 spiro atoms. The first-order valence-electron chi connectivity index (χ1n) is 7.14. The van der Waals surface area contributed by atoms with Crippen LogP contribution in [0.25, 0.3) is 0 Å². The van der Waals surface area contributed by atoms with Gasteiger partial charge in [0.05, 0.1) is 9.79 Å². The zero-order valence-electron chi connectivity index (χ0n) is 12.9. The van der Waals surface area contributed by atoms with Crippen molar-refractivity contribution < 1.29 is 16.8 Å². The van der Waals surface area contributed by atoms with Gasteiger partial charge in [-0.25, -0.2) is 16.8 Å². The molecule has 1 aliphatic rings. The maximum Gasteiger partial charge on any atom is 0.176 e. The monoisotopic (exact) mass is 346 g/mol. The summed E-state index contributed by atoms with van der Waals surface area (Å²) in [4.78, 5) is 2.08. The summed E-state index contributed by atoms with van der Waals surface area (Å²) in [5.74, 6) is 0. The first kappa shape index (κ1) is 17.4. The lowest BCUT2D eigenvalue weighted by Crippen LogP contribution is -2.44. The predicted octanol–water partition coefficient (Wildman–Crippen LogP) is -0.0587. The van der Waals surface area contributed by atoms with E-state index in [4.69, 9.17) is 0 Å². The molecule has 6 nitrogen and oxygen atoms in total. The van der Waals surface area contributed by atoms with E-state index in [9.17, 15) is 16.8 Å². The summed E-state index contributed by atoms with van der Waals surface area (Å²) in [7, 11) is -7.15. The SMILES string of the molecule is CS(=O)(=O)c1ccc(CCN2CCNCC2)cc1S(C)(=O)=O. The molecular formula is C14H22N2O4S2. The van der Waals surface area contributed by atoms with Crippen LogP contribution in [0.4, 0.5) is 0 Å². The van der Waals surface area contributed by atoms with Gasteiger partial charge in [0.25, 0.3) is 0 Å². The fraction of sp³-hybridized carbons (Fsp3) is 0.571. The van der Waals surface area contributed by atoms with Gasteiger partial charge in [-0.05, 0) is 24.1 Å². The van der Waals surface area contributed by atoms with Crippen molar-refractivity contribution in [1.29, 1.82) is 0 Å². The number of piperazine rings is 1. The smallest absolute Gasteiger partial charge is 0.176 e. The van der Waals surface area contributed by atoms with Gasteiger partial charge in [0.1, 0.15) is 0 Å². The molecule has 0 unspecified atom stereocenters. The maximum absolute atomic E-state index is 11.9. The van der Waals surface area contributed by atoms with Gasteiger partial charge in [0.2, 0.25) is 0 Å². The summed E-state index contributed by atoms with van der Waals surface area (Å²) in [6.45, 7) is 4.70. The minimum Gasteiger partial charge on any atom is -0.314 e. The first-order chi connectivity index (χ1) is 10.2. The summed E-state index contributed by atoms with van der Waals surface area (Å²) >= 11 is 0. The fourth-order valence-electron chi connectivity index (χ4n) is 2.53. The average molecular weight is 346 g/mol.